The van der Waals surface area contributed by atoms with E-state index in [1.807, 2.05) is 12.1 Å². The van der Waals surface area contributed by atoms with E-state index in [2.05, 4.69) is 22.4 Å². The van der Waals surface area contributed by atoms with E-state index in [4.69, 9.17) is 0 Å². The van der Waals surface area contributed by atoms with Crippen LogP contribution in [0.4, 0.5) is 0 Å². The lowest BCUT2D eigenvalue weighted by Crippen LogP contribution is -2.14. The van der Waals surface area contributed by atoms with Crippen molar-refractivity contribution in [3.05, 3.63) is 34.9 Å². The zero-order valence-corrected chi connectivity index (χ0v) is 10.8. The lowest BCUT2D eigenvalue weighted by Gasteiger charge is -2.18. The van der Waals surface area contributed by atoms with Crippen LogP contribution in [0.25, 0.3) is 0 Å². The molecule has 92 valence electrons. The first-order valence-corrected chi connectivity index (χ1v) is 7.33. The first kappa shape index (κ1) is 12.1. The Kier molecular flexibility index (Phi) is 3.19. The Morgan fingerprint density at radius 2 is 2.06 bits per heavy atom. The molecular formula is C12H15NO3S. The van der Waals surface area contributed by atoms with Gasteiger partial charge in [-0.3, -0.25) is 4.28 Å². The van der Waals surface area contributed by atoms with Gasteiger partial charge in [0, 0.05) is 5.56 Å². The molecule has 2 rings (SSSR count). The maximum atomic E-state index is 10.9. The second-order valence-electron chi connectivity index (χ2n) is 4.27. The molecule has 0 amide bonds. The molecule has 0 aromatic heterocycles. The van der Waals surface area contributed by atoms with Crippen molar-refractivity contribution in [2.24, 2.45) is 5.16 Å². The van der Waals surface area contributed by atoms with Gasteiger partial charge in [0.15, 0.2) is 0 Å². The van der Waals surface area contributed by atoms with Crippen molar-refractivity contribution in [3.63, 3.8) is 0 Å². The van der Waals surface area contributed by atoms with E-state index in [0.717, 1.165) is 36.8 Å². The molecule has 5 heteroatoms. The van der Waals surface area contributed by atoms with Crippen LogP contribution in [0.1, 0.15) is 29.5 Å². The number of rotatable bonds is 2. The maximum Gasteiger partial charge on any atom is 0.325 e. The summed E-state index contributed by atoms with van der Waals surface area (Å²) in [5.41, 5.74) is 4.20. The van der Waals surface area contributed by atoms with Gasteiger partial charge < -0.3 is 0 Å². The minimum Gasteiger partial charge on any atom is -0.268 e. The molecule has 0 bridgehead atoms. The molecule has 0 atom stereocenters. The summed E-state index contributed by atoms with van der Waals surface area (Å²) in [4.78, 5) is 0. The third kappa shape index (κ3) is 2.85. The van der Waals surface area contributed by atoms with Gasteiger partial charge in [-0.15, -0.1) is 0 Å². The van der Waals surface area contributed by atoms with Gasteiger partial charge in [-0.2, -0.15) is 8.42 Å². The summed E-state index contributed by atoms with van der Waals surface area (Å²) < 4.78 is 26.4. The second kappa shape index (κ2) is 4.49. The third-order valence-corrected chi connectivity index (χ3v) is 3.19. The molecule has 0 spiro atoms. The topological polar surface area (TPSA) is 55.7 Å². The van der Waals surface area contributed by atoms with Crippen LogP contribution >= 0.6 is 0 Å². The fraction of sp³-hybridized carbons (Fsp3) is 0.417. The van der Waals surface area contributed by atoms with E-state index in [9.17, 15) is 8.42 Å². The predicted molar refractivity (Wildman–Crippen MR) is 66.6 cm³/mol. The van der Waals surface area contributed by atoms with E-state index in [1.54, 1.807) is 0 Å². The fourth-order valence-electron chi connectivity index (χ4n) is 2.08. The van der Waals surface area contributed by atoms with Crippen molar-refractivity contribution in [1.82, 2.24) is 0 Å². The molecule has 17 heavy (non-hydrogen) atoms. The first-order chi connectivity index (χ1) is 7.97. The highest BCUT2D eigenvalue weighted by Crippen LogP contribution is 2.24. The number of benzene rings is 1. The Labute approximate surface area is 101 Å². The lowest BCUT2D eigenvalue weighted by molar-refractivity contribution is 0.341. The van der Waals surface area contributed by atoms with E-state index in [0.29, 0.717) is 0 Å². The van der Waals surface area contributed by atoms with E-state index >= 15 is 0 Å². The highest BCUT2D eigenvalue weighted by Gasteiger charge is 2.17. The molecule has 0 saturated heterocycles. The number of nitrogens with zero attached hydrogens (tertiary/aromatic N) is 1. The number of aryl methyl sites for hydroxylation is 1. The van der Waals surface area contributed by atoms with Crippen LogP contribution in [0.3, 0.4) is 0 Å². The highest BCUT2D eigenvalue weighted by atomic mass is 32.2. The van der Waals surface area contributed by atoms with Crippen LogP contribution in [0.15, 0.2) is 23.4 Å². The maximum absolute atomic E-state index is 10.9. The van der Waals surface area contributed by atoms with Crippen LogP contribution in [0.5, 0.6) is 0 Å². The van der Waals surface area contributed by atoms with Crippen LogP contribution in [-0.2, 0) is 20.8 Å². The summed E-state index contributed by atoms with van der Waals surface area (Å²) >= 11 is 0. The molecule has 0 N–H and O–H groups in total. The van der Waals surface area contributed by atoms with Gasteiger partial charge in [0.25, 0.3) is 0 Å². The summed E-state index contributed by atoms with van der Waals surface area (Å²) in [6, 6.07) is 5.97. The normalized spacial score (nSPS) is 17.9. The molecule has 1 aromatic carbocycles. The van der Waals surface area contributed by atoms with E-state index < -0.39 is 10.1 Å². The Morgan fingerprint density at radius 1 is 1.29 bits per heavy atom. The highest BCUT2D eigenvalue weighted by molar-refractivity contribution is 7.85. The number of fused-ring (bicyclic) bond motifs is 1. The van der Waals surface area contributed by atoms with Gasteiger partial charge in [0.1, 0.15) is 0 Å². The minimum absolute atomic E-state index is 0.723. The number of hydrogen-bond donors (Lipinski definition) is 0. The molecule has 4 nitrogen and oxygen atoms in total. The molecule has 0 aliphatic heterocycles. The molecule has 1 aromatic rings. The van der Waals surface area contributed by atoms with E-state index in [1.165, 1.54) is 11.1 Å². The summed E-state index contributed by atoms with van der Waals surface area (Å²) in [5, 5.41) is 3.77. The largest absolute Gasteiger partial charge is 0.325 e. The van der Waals surface area contributed by atoms with Crippen LogP contribution in [-0.4, -0.2) is 20.4 Å². The Hall–Kier alpha value is -1.36. The van der Waals surface area contributed by atoms with Crippen molar-refractivity contribution in [2.45, 2.75) is 26.2 Å². The van der Waals surface area contributed by atoms with Crippen molar-refractivity contribution < 1.29 is 12.7 Å². The standard InChI is InChI=1S/C12H15NO3S/c1-9-5-3-7-11-10(9)6-4-8-12(11)13-16-17(2,14)15/h3,5,7H,4,6,8H2,1-2H3. The Morgan fingerprint density at radius 3 is 2.76 bits per heavy atom. The van der Waals surface area contributed by atoms with Gasteiger partial charge in [0.05, 0.1) is 12.0 Å². The summed E-state index contributed by atoms with van der Waals surface area (Å²) in [7, 11) is -3.52. The quantitative estimate of drug-likeness (QED) is 0.758. The molecule has 0 radical (unpaired) electrons. The van der Waals surface area contributed by atoms with Crippen molar-refractivity contribution in [3.8, 4) is 0 Å². The Bertz CT molecular complexity index is 561. The lowest BCUT2D eigenvalue weighted by atomic mass is 9.87. The molecule has 1 aliphatic carbocycles. The zero-order chi connectivity index (χ0) is 12.5. The van der Waals surface area contributed by atoms with Gasteiger partial charge in [-0.1, -0.05) is 23.4 Å². The van der Waals surface area contributed by atoms with Crippen molar-refractivity contribution in [2.75, 3.05) is 6.26 Å². The SMILES string of the molecule is Cc1cccc2c1CCCC2=NOS(C)(=O)=O. The molecular weight excluding hydrogens is 238 g/mol. The molecule has 0 saturated carbocycles. The van der Waals surface area contributed by atoms with Gasteiger partial charge >= 0.3 is 10.1 Å². The average Bonchev–Trinajstić information content (AvgIpc) is 2.26. The molecule has 0 fully saturated rings. The summed E-state index contributed by atoms with van der Waals surface area (Å²) in [6.45, 7) is 2.05. The molecule has 0 heterocycles. The smallest absolute Gasteiger partial charge is 0.268 e. The molecule has 1 aliphatic rings. The van der Waals surface area contributed by atoms with E-state index in [-0.39, 0.29) is 0 Å². The van der Waals surface area contributed by atoms with Crippen LogP contribution in [0, 0.1) is 6.92 Å². The van der Waals surface area contributed by atoms with Crippen molar-refractivity contribution >= 4 is 15.8 Å². The minimum atomic E-state index is -3.52. The zero-order valence-electron chi connectivity index (χ0n) is 9.93. The monoisotopic (exact) mass is 253 g/mol. The fourth-order valence-corrected chi connectivity index (χ4v) is 2.30. The summed E-state index contributed by atoms with van der Waals surface area (Å²) in [6.07, 6.45) is 3.74. The third-order valence-electron chi connectivity index (χ3n) is 2.84. The predicted octanol–water partition coefficient (Wildman–Crippen LogP) is 2.01. The number of hydrogen-bond acceptors (Lipinski definition) is 4. The van der Waals surface area contributed by atoms with Gasteiger partial charge in [0.2, 0.25) is 0 Å². The summed E-state index contributed by atoms with van der Waals surface area (Å²) in [5.74, 6) is 0. The van der Waals surface area contributed by atoms with Gasteiger partial charge in [-0.05, 0) is 37.3 Å². The second-order valence-corrected chi connectivity index (χ2v) is 5.83. The molecule has 0 unspecified atom stereocenters. The average molecular weight is 253 g/mol. The van der Waals surface area contributed by atoms with Crippen LogP contribution < -0.4 is 0 Å². The Balaban J connectivity index is 2.38. The van der Waals surface area contributed by atoms with Crippen molar-refractivity contribution in [1.29, 1.82) is 0 Å². The first-order valence-electron chi connectivity index (χ1n) is 5.52. The van der Waals surface area contributed by atoms with Gasteiger partial charge in [-0.25, -0.2) is 0 Å². The van der Waals surface area contributed by atoms with Crippen LogP contribution in [0.2, 0.25) is 0 Å². The number of oxime groups is 1.